The van der Waals surface area contributed by atoms with Crippen LogP contribution in [0, 0.1) is 0 Å². The molecule has 0 atom stereocenters. The van der Waals surface area contributed by atoms with Crippen molar-refractivity contribution in [1.29, 1.82) is 0 Å². The van der Waals surface area contributed by atoms with E-state index in [0.717, 1.165) is 11.3 Å². The second-order valence-corrected chi connectivity index (χ2v) is 7.00. The summed E-state index contributed by atoms with van der Waals surface area (Å²) in [6, 6.07) is 21.7. The molecule has 1 aromatic heterocycles. The number of nitrogens with one attached hydrogen (secondary N) is 1. The minimum atomic E-state index is -1.82. The number of rotatable bonds is 6. The smallest absolute Gasteiger partial charge is 0.281 e. The lowest BCUT2D eigenvalue weighted by molar-refractivity contribution is -0.136. The van der Waals surface area contributed by atoms with Crippen LogP contribution in [0.3, 0.4) is 0 Å². The van der Waals surface area contributed by atoms with Crippen LogP contribution in [0.2, 0.25) is 0 Å². The highest BCUT2D eigenvalue weighted by Crippen LogP contribution is 2.29. The van der Waals surface area contributed by atoms with Crippen molar-refractivity contribution < 1.29 is 9.90 Å². The maximum absolute atomic E-state index is 12.8. The summed E-state index contributed by atoms with van der Waals surface area (Å²) in [5.41, 5.74) is 1.65. The summed E-state index contributed by atoms with van der Waals surface area (Å²) in [5, 5.41) is 15.3. The Morgan fingerprint density at radius 1 is 1.04 bits per heavy atom. The number of benzene rings is 2. The number of aryl methyl sites for hydroxylation is 1. The predicted molar refractivity (Wildman–Crippen MR) is 105 cm³/mol. The van der Waals surface area contributed by atoms with E-state index >= 15 is 0 Å². The van der Waals surface area contributed by atoms with Crippen LogP contribution >= 0.6 is 11.3 Å². The fraction of sp³-hybridized carbons (Fsp3) is 0.143. The summed E-state index contributed by atoms with van der Waals surface area (Å²) < 4.78 is 0. The first kappa shape index (κ1) is 18.0. The molecule has 1 amide bonds. The minimum absolute atomic E-state index is 0.489. The van der Waals surface area contributed by atoms with Crippen LogP contribution in [-0.2, 0) is 16.8 Å². The molecule has 4 nitrogen and oxygen atoms in total. The highest BCUT2D eigenvalue weighted by Gasteiger charge is 2.39. The molecule has 0 aliphatic carbocycles. The Labute approximate surface area is 156 Å². The van der Waals surface area contributed by atoms with Crippen LogP contribution in [0.25, 0.3) is 0 Å². The molecule has 3 aromatic rings. The molecule has 0 aliphatic heterocycles. The average Bonchev–Trinajstić information content (AvgIpc) is 3.16. The standard InChI is InChI=1S/C21H20N2O2S/c1-2-18-13-14-19(26-18)15-22-23-20(24)21(25,16-9-5-3-6-10-16)17-11-7-4-8-12-17/h3-15,25H,2H2,1H3,(H,23,24)/b22-15+. The molecule has 0 unspecified atom stereocenters. The molecule has 0 bridgehead atoms. The van der Waals surface area contributed by atoms with E-state index in [1.54, 1.807) is 66.1 Å². The molecule has 1 heterocycles. The zero-order valence-corrected chi connectivity index (χ0v) is 15.2. The van der Waals surface area contributed by atoms with Gasteiger partial charge in [-0.3, -0.25) is 4.79 Å². The summed E-state index contributed by atoms with van der Waals surface area (Å²) in [7, 11) is 0. The summed E-state index contributed by atoms with van der Waals surface area (Å²) in [6.45, 7) is 2.09. The lowest BCUT2D eigenvalue weighted by atomic mass is 9.85. The molecule has 0 saturated heterocycles. The fourth-order valence-electron chi connectivity index (χ4n) is 2.68. The zero-order valence-electron chi connectivity index (χ0n) is 14.4. The number of thiophene rings is 1. The minimum Gasteiger partial charge on any atom is -0.372 e. The van der Waals surface area contributed by atoms with Crippen LogP contribution in [0.1, 0.15) is 27.8 Å². The first-order valence-corrected chi connectivity index (χ1v) is 9.22. The number of carbonyl (C=O) groups excluding carboxylic acids is 1. The molecule has 3 rings (SSSR count). The van der Waals surface area contributed by atoms with Crippen molar-refractivity contribution in [1.82, 2.24) is 5.43 Å². The van der Waals surface area contributed by atoms with E-state index in [-0.39, 0.29) is 0 Å². The number of carbonyl (C=O) groups is 1. The molecule has 26 heavy (non-hydrogen) atoms. The van der Waals surface area contributed by atoms with Gasteiger partial charge in [-0.05, 0) is 29.7 Å². The van der Waals surface area contributed by atoms with E-state index in [2.05, 4.69) is 17.5 Å². The quantitative estimate of drug-likeness (QED) is 0.517. The number of aliphatic hydroxyl groups is 1. The summed E-state index contributed by atoms with van der Waals surface area (Å²) in [6.07, 6.45) is 2.56. The van der Waals surface area contributed by atoms with E-state index < -0.39 is 11.5 Å². The van der Waals surface area contributed by atoms with Crippen molar-refractivity contribution in [2.45, 2.75) is 18.9 Å². The molecular weight excluding hydrogens is 344 g/mol. The van der Waals surface area contributed by atoms with Gasteiger partial charge in [-0.2, -0.15) is 5.10 Å². The van der Waals surface area contributed by atoms with Gasteiger partial charge in [0.2, 0.25) is 0 Å². The molecule has 0 saturated carbocycles. The maximum atomic E-state index is 12.8. The van der Waals surface area contributed by atoms with Crippen molar-refractivity contribution in [2.75, 3.05) is 0 Å². The number of hydrogen-bond acceptors (Lipinski definition) is 4. The van der Waals surface area contributed by atoms with Crippen molar-refractivity contribution >= 4 is 23.5 Å². The van der Waals surface area contributed by atoms with Crippen molar-refractivity contribution in [3.63, 3.8) is 0 Å². The Morgan fingerprint density at radius 3 is 2.12 bits per heavy atom. The number of hydrazone groups is 1. The van der Waals surface area contributed by atoms with Gasteiger partial charge in [0.1, 0.15) is 0 Å². The highest BCUT2D eigenvalue weighted by atomic mass is 32.1. The van der Waals surface area contributed by atoms with Gasteiger partial charge in [0.05, 0.1) is 6.21 Å². The Hall–Kier alpha value is -2.76. The number of nitrogens with zero attached hydrogens (tertiary/aromatic N) is 1. The maximum Gasteiger partial charge on any atom is 0.281 e. The number of amides is 1. The summed E-state index contributed by atoms with van der Waals surface area (Å²) in [4.78, 5) is 15.0. The third-order valence-electron chi connectivity index (χ3n) is 4.10. The van der Waals surface area contributed by atoms with Crippen molar-refractivity contribution in [3.8, 4) is 0 Å². The third-order valence-corrected chi connectivity index (χ3v) is 5.26. The zero-order chi connectivity index (χ0) is 18.4. The SMILES string of the molecule is CCc1ccc(/C=N/NC(=O)C(O)(c2ccccc2)c2ccccc2)s1. The molecule has 2 aromatic carbocycles. The second kappa shape index (κ2) is 8.08. The van der Waals surface area contributed by atoms with Crippen LogP contribution < -0.4 is 5.43 Å². The van der Waals surface area contributed by atoms with Gasteiger partial charge in [0.15, 0.2) is 5.60 Å². The molecule has 0 spiro atoms. The molecule has 132 valence electrons. The van der Waals surface area contributed by atoms with Gasteiger partial charge in [0.25, 0.3) is 5.91 Å². The third kappa shape index (κ3) is 3.74. The monoisotopic (exact) mass is 364 g/mol. The topological polar surface area (TPSA) is 61.7 Å². The second-order valence-electron chi connectivity index (χ2n) is 5.80. The Bertz CT molecular complexity index is 849. The predicted octanol–water partition coefficient (Wildman–Crippen LogP) is 3.70. The van der Waals surface area contributed by atoms with E-state index in [0.29, 0.717) is 11.1 Å². The number of hydrogen-bond donors (Lipinski definition) is 2. The van der Waals surface area contributed by atoms with Gasteiger partial charge in [-0.1, -0.05) is 67.6 Å². The van der Waals surface area contributed by atoms with Crippen LogP contribution in [0.15, 0.2) is 77.9 Å². The lowest BCUT2D eigenvalue weighted by Crippen LogP contribution is -2.43. The molecule has 0 radical (unpaired) electrons. The Kier molecular flexibility index (Phi) is 5.61. The van der Waals surface area contributed by atoms with Gasteiger partial charge in [-0.25, -0.2) is 5.43 Å². The highest BCUT2D eigenvalue weighted by molar-refractivity contribution is 7.13. The fourth-order valence-corrected chi connectivity index (χ4v) is 3.50. The van der Waals surface area contributed by atoms with E-state index in [1.807, 2.05) is 24.3 Å². The molecule has 2 N–H and O–H groups in total. The molecule has 0 aliphatic rings. The van der Waals surface area contributed by atoms with Crippen molar-refractivity contribution in [2.24, 2.45) is 5.10 Å². The summed E-state index contributed by atoms with van der Waals surface area (Å²) >= 11 is 1.62. The molecule has 5 heteroatoms. The lowest BCUT2D eigenvalue weighted by Gasteiger charge is -2.26. The first-order valence-electron chi connectivity index (χ1n) is 8.40. The van der Waals surface area contributed by atoms with Crippen molar-refractivity contribution in [3.05, 3.63) is 93.7 Å². The Morgan fingerprint density at radius 2 is 1.62 bits per heavy atom. The first-order chi connectivity index (χ1) is 12.6. The van der Waals surface area contributed by atoms with Crippen LogP contribution in [0.4, 0.5) is 0 Å². The molecule has 0 fully saturated rings. The van der Waals surface area contributed by atoms with Crippen LogP contribution in [-0.4, -0.2) is 17.2 Å². The van der Waals surface area contributed by atoms with E-state index in [4.69, 9.17) is 0 Å². The normalized spacial score (nSPS) is 11.6. The summed E-state index contributed by atoms with van der Waals surface area (Å²) in [5.74, 6) is -0.599. The van der Waals surface area contributed by atoms with E-state index in [1.165, 1.54) is 4.88 Å². The Balaban J connectivity index is 1.86. The molecular formula is C21H20N2O2S. The largest absolute Gasteiger partial charge is 0.372 e. The average molecular weight is 364 g/mol. The van der Waals surface area contributed by atoms with Crippen LogP contribution in [0.5, 0.6) is 0 Å². The van der Waals surface area contributed by atoms with Gasteiger partial charge < -0.3 is 5.11 Å². The van der Waals surface area contributed by atoms with Gasteiger partial charge in [-0.15, -0.1) is 11.3 Å². The van der Waals surface area contributed by atoms with E-state index in [9.17, 15) is 9.90 Å². The van der Waals surface area contributed by atoms with Gasteiger partial charge in [0, 0.05) is 9.75 Å². The van der Waals surface area contributed by atoms with Gasteiger partial charge >= 0.3 is 0 Å².